The third-order valence-electron chi connectivity index (χ3n) is 3.40. The van der Waals surface area contributed by atoms with E-state index in [1.165, 1.54) is 5.56 Å². The molecule has 5 heteroatoms. The smallest absolute Gasteiger partial charge is 0.237 e. The van der Waals surface area contributed by atoms with Crippen molar-refractivity contribution < 1.29 is 4.52 Å². The van der Waals surface area contributed by atoms with E-state index >= 15 is 0 Å². The zero-order chi connectivity index (χ0) is 12.8. The van der Waals surface area contributed by atoms with Crippen LogP contribution in [0.15, 0.2) is 33.3 Å². The first-order chi connectivity index (χ1) is 8.63. The van der Waals surface area contributed by atoms with Crippen LogP contribution in [-0.2, 0) is 5.41 Å². The van der Waals surface area contributed by atoms with Gasteiger partial charge in [-0.2, -0.15) is 4.98 Å². The molecule has 1 heterocycles. The molecule has 0 spiro atoms. The lowest BCUT2D eigenvalue weighted by molar-refractivity contribution is 0.353. The summed E-state index contributed by atoms with van der Waals surface area (Å²) in [5.74, 6) is 1.25. The van der Waals surface area contributed by atoms with Crippen molar-refractivity contribution in [3.63, 3.8) is 0 Å². The maximum absolute atomic E-state index is 5.77. The molecule has 0 saturated heterocycles. The molecule has 1 atom stereocenters. The van der Waals surface area contributed by atoms with Gasteiger partial charge in [-0.1, -0.05) is 39.3 Å². The summed E-state index contributed by atoms with van der Waals surface area (Å²) in [7, 11) is 0. The summed E-state index contributed by atoms with van der Waals surface area (Å²) in [4.78, 5) is 4.44. The number of aromatic nitrogens is 2. The van der Waals surface area contributed by atoms with Crippen LogP contribution >= 0.6 is 15.9 Å². The monoisotopic (exact) mass is 307 g/mol. The molecule has 3 rings (SSSR count). The van der Waals surface area contributed by atoms with E-state index in [0.717, 1.165) is 17.3 Å². The summed E-state index contributed by atoms with van der Waals surface area (Å²) in [6.07, 6.45) is 2.08. The molecule has 2 aromatic rings. The van der Waals surface area contributed by atoms with E-state index in [9.17, 15) is 0 Å². The predicted molar refractivity (Wildman–Crippen MR) is 71.1 cm³/mol. The zero-order valence-corrected chi connectivity index (χ0v) is 11.6. The molecule has 0 aliphatic heterocycles. The fourth-order valence-corrected chi connectivity index (χ4v) is 2.85. The van der Waals surface area contributed by atoms with Crippen LogP contribution in [0, 0.1) is 0 Å². The maximum atomic E-state index is 5.77. The number of nitrogens with two attached hydrogens (primary N) is 1. The second kappa shape index (κ2) is 4.17. The van der Waals surface area contributed by atoms with Crippen molar-refractivity contribution in [2.45, 2.75) is 31.2 Å². The van der Waals surface area contributed by atoms with Gasteiger partial charge in [-0.3, -0.25) is 0 Å². The van der Waals surface area contributed by atoms with Gasteiger partial charge in [0.15, 0.2) is 5.82 Å². The largest absolute Gasteiger partial charge is 0.338 e. The van der Waals surface area contributed by atoms with Crippen molar-refractivity contribution in [3.8, 4) is 0 Å². The minimum atomic E-state index is -0.197. The zero-order valence-electron chi connectivity index (χ0n) is 10.1. The van der Waals surface area contributed by atoms with Crippen LogP contribution in [0.4, 0.5) is 0 Å². The lowest BCUT2D eigenvalue weighted by atomic mass is 9.96. The van der Waals surface area contributed by atoms with E-state index in [0.29, 0.717) is 11.7 Å². The number of nitrogens with zero attached hydrogens (tertiary/aromatic N) is 2. The number of halogens is 1. The van der Waals surface area contributed by atoms with Gasteiger partial charge in [0, 0.05) is 4.47 Å². The van der Waals surface area contributed by atoms with Crippen LogP contribution in [0.1, 0.15) is 43.1 Å². The minimum absolute atomic E-state index is 0.111. The average molecular weight is 308 g/mol. The maximum Gasteiger partial charge on any atom is 0.237 e. The second-order valence-electron chi connectivity index (χ2n) is 4.81. The Balaban J connectivity index is 2.02. The first-order valence-corrected chi connectivity index (χ1v) is 6.77. The Kier molecular flexibility index (Phi) is 2.75. The van der Waals surface area contributed by atoms with Crippen molar-refractivity contribution in [3.05, 3.63) is 46.0 Å². The highest BCUT2D eigenvalue weighted by molar-refractivity contribution is 9.10. The minimum Gasteiger partial charge on any atom is -0.338 e. The van der Waals surface area contributed by atoms with Crippen LogP contribution in [0.2, 0.25) is 0 Å². The Morgan fingerprint density at radius 2 is 2.11 bits per heavy atom. The standard InChI is InChI=1S/C13H14BrN3O/c1-8(15)11-16-12(18-17-11)13(6-7-13)9-4-2-3-5-10(9)14/h2-5,8H,6-7,15H2,1H3. The van der Waals surface area contributed by atoms with Crippen molar-refractivity contribution in [2.24, 2.45) is 5.73 Å². The van der Waals surface area contributed by atoms with E-state index in [-0.39, 0.29) is 11.5 Å². The number of hydrogen-bond acceptors (Lipinski definition) is 4. The first kappa shape index (κ1) is 11.9. The van der Waals surface area contributed by atoms with Gasteiger partial charge in [0.25, 0.3) is 0 Å². The molecule has 0 radical (unpaired) electrons. The molecular weight excluding hydrogens is 294 g/mol. The molecule has 1 aromatic heterocycles. The summed E-state index contributed by atoms with van der Waals surface area (Å²) < 4.78 is 6.49. The van der Waals surface area contributed by atoms with Gasteiger partial charge in [-0.15, -0.1) is 0 Å². The molecule has 1 fully saturated rings. The highest BCUT2D eigenvalue weighted by Gasteiger charge is 2.51. The lowest BCUT2D eigenvalue weighted by Crippen LogP contribution is -2.11. The normalized spacial score (nSPS) is 18.6. The van der Waals surface area contributed by atoms with Gasteiger partial charge in [-0.05, 0) is 31.4 Å². The van der Waals surface area contributed by atoms with Gasteiger partial charge in [0.05, 0.1) is 11.5 Å². The van der Waals surface area contributed by atoms with Crippen molar-refractivity contribution in [1.82, 2.24) is 10.1 Å². The Morgan fingerprint density at radius 1 is 1.39 bits per heavy atom. The van der Waals surface area contributed by atoms with Crippen LogP contribution in [0.3, 0.4) is 0 Å². The SMILES string of the molecule is CC(N)c1noc(C2(c3ccccc3Br)CC2)n1. The number of rotatable bonds is 3. The van der Waals surface area contributed by atoms with Crippen LogP contribution in [0.25, 0.3) is 0 Å². The molecule has 0 bridgehead atoms. The van der Waals surface area contributed by atoms with Crippen LogP contribution in [0.5, 0.6) is 0 Å². The van der Waals surface area contributed by atoms with Gasteiger partial charge in [0.1, 0.15) is 0 Å². The fraction of sp³-hybridized carbons (Fsp3) is 0.385. The fourth-order valence-electron chi connectivity index (χ4n) is 2.19. The molecular formula is C13H14BrN3O. The Morgan fingerprint density at radius 3 is 2.67 bits per heavy atom. The summed E-state index contributed by atoms with van der Waals surface area (Å²) >= 11 is 3.59. The van der Waals surface area contributed by atoms with Gasteiger partial charge in [-0.25, -0.2) is 0 Å². The molecule has 94 valence electrons. The molecule has 4 nitrogen and oxygen atoms in total. The summed E-state index contributed by atoms with van der Waals surface area (Å²) in [6, 6.07) is 7.98. The molecule has 1 unspecified atom stereocenters. The summed E-state index contributed by atoms with van der Waals surface area (Å²) in [5.41, 5.74) is 6.87. The third kappa shape index (κ3) is 1.78. The Bertz CT molecular complexity index is 575. The van der Waals surface area contributed by atoms with Gasteiger partial charge >= 0.3 is 0 Å². The molecule has 18 heavy (non-hydrogen) atoms. The van der Waals surface area contributed by atoms with Crippen molar-refractivity contribution in [2.75, 3.05) is 0 Å². The summed E-state index contributed by atoms with van der Waals surface area (Å²) in [5, 5.41) is 3.95. The molecule has 1 aromatic carbocycles. The van der Waals surface area contributed by atoms with E-state index < -0.39 is 0 Å². The lowest BCUT2D eigenvalue weighted by Gasteiger charge is -2.12. The van der Waals surface area contributed by atoms with Crippen molar-refractivity contribution in [1.29, 1.82) is 0 Å². The van der Waals surface area contributed by atoms with Crippen LogP contribution in [-0.4, -0.2) is 10.1 Å². The van der Waals surface area contributed by atoms with Crippen molar-refractivity contribution >= 4 is 15.9 Å². The topological polar surface area (TPSA) is 64.9 Å². The first-order valence-electron chi connectivity index (χ1n) is 5.98. The molecule has 0 amide bonds. The second-order valence-corrected chi connectivity index (χ2v) is 5.66. The molecule has 1 aliphatic rings. The molecule has 1 saturated carbocycles. The van der Waals surface area contributed by atoms with E-state index in [1.54, 1.807) is 0 Å². The molecule has 2 N–H and O–H groups in total. The van der Waals surface area contributed by atoms with E-state index in [1.807, 2.05) is 25.1 Å². The summed E-state index contributed by atoms with van der Waals surface area (Å²) in [6.45, 7) is 1.85. The predicted octanol–water partition coefficient (Wildman–Crippen LogP) is 2.93. The third-order valence-corrected chi connectivity index (χ3v) is 4.09. The average Bonchev–Trinajstić information content (AvgIpc) is 2.99. The highest BCUT2D eigenvalue weighted by atomic mass is 79.9. The quantitative estimate of drug-likeness (QED) is 0.947. The Hall–Kier alpha value is -1.20. The van der Waals surface area contributed by atoms with E-state index in [2.05, 4.69) is 32.1 Å². The molecule has 1 aliphatic carbocycles. The van der Waals surface area contributed by atoms with Gasteiger partial charge in [0.2, 0.25) is 5.89 Å². The van der Waals surface area contributed by atoms with Gasteiger partial charge < -0.3 is 10.3 Å². The van der Waals surface area contributed by atoms with E-state index in [4.69, 9.17) is 10.3 Å². The number of hydrogen-bond donors (Lipinski definition) is 1. The van der Waals surface area contributed by atoms with Crippen LogP contribution < -0.4 is 5.73 Å². The highest BCUT2D eigenvalue weighted by Crippen LogP contribution is 2.54. The number of benzene rings is 1. The Labute approximate surface area is 114 Å².